The standard InChI is InChI=1S/C29H39NO4Si/c1-21-18-23(31)19-27-26(21)17-16-22(30(27)28(32)33-5)20-34-35(29(2,3)4,24-12-8-6-9-13-24)25-14-10-7-11-15-25/h6-15,21-22,26-27H,16-20H2,1-5H3/t21-,22-,26+,27-/m1/s1. The molecule has 0 N–H and O–H groups in total. The van der Waals surface area contributed by atoms with Gasteiger partial charge in [-0.25, -0.2) is 4.79 Å². The first-order valence-corrected chi connectivity index (χ1v) is 14.7. The van der Waals surface area contributed by atoms with E-state index in [9.17, 15) is 9.59 Å². The van der Waals surface area contributed by atoms with Crippen molar-refractivity contribution in [2.45, 2.75) is 70.5 Å². The number of Topliss-reactive ketones (excluding diaryl/α,β-unsaturated/α-hetero) is 1. The molecule has 4 rings (SSSR count). The van der Waals surface area contributed by atoms with Gasteiger partial charge in [0.2, 0.25) is 0 Å². The van der Waals surface area contributed by atoms with Crippen LogP contribution in [0.4, 0.5) is 4.79 Å². The van der Waals surface area contributed by atoms with Crippen LogP contribution in [0.15, 0.2) is 60.7 Å². The topological polar surface area (TPSA) is 55.8 Å². The summed E-state index contributed by atoms with van der Waals surface area (Å²) in [6.07, 6.45) is 2.53. The Bertz CT molecular complexity index is 980. The van der Waals surface area contributed by atoms with Gasteiger partial charge in [0, 0.05) is 18.9 Å². The third-order valence-electron chi connectivity index (χ3n) is 8.09. The molecule has 1 saturated carbocycles. The summed E-state index contributed by atoms with van der Waals surface area (Å²) in [5.74, 6) is 0.851. The summed E-state index contributed by atoms with van der Waals surface area (Å²) in [6, 6.07) is 20.9. The van der Waals surface area contributed by atoms with E-state index in [2.05, 4.69) is 76.2 Å². The maximum absolute atomic E-state index is 13.1. The molecule has 0 unspecified atom stereocenters. The van der Waals surface area contributed by atoms with E-state index in [4.69, 9.17) is 9.16 Å². The third kappa shape index (κ3) is 4.83. The molecule has 35 heavy (non-hydrogen) atoms. The van der Waals surface area contributed by atoms with Crippen LogP contribution >= 0.6 is 0 Å². The first-order valence-electron chi connectivity index (χ1n) is 12.8. The lowest BCUT2D eigenvalue weighted by Gasteiger charge is -2.50. The molecule has 0 radical (unpaired) electrons. The quantitative estimate of drug-likeness (QED) is 0.563. The number of piperidine rings is 1. The molecule has 188 valence electrons. The Morgan fingerprint density at radius 2 is 1.54 bits per heavy atom. The molecule has 6 heteroatoms. The van der Waals surface area contributed by atoms with Crippen LogP contribution in [0.25, 0.3) is 0 Å². The number of benzene rings is 2. The number of carbonyl (C=O) groups is 2. The molecule has 1 heterocycles. The summed E-state index contributed by atoms with van der Waals surface area (Å²) in [5.41, 5.74) is 0. The zero-order valence-electron chi connectivity index (χ0n) is 21.7. The number of rotatable bonds is 5. The Kier molecular flexibility index (Phi) is 7.53. The predicted molar refractivity (Wildman–Crippen MR) is 142 cm³/mol. The molecular formula is C29H39NO4Si. The summed E-state index contributed by atoms with van der Waals surface area (Å²) < 4.78 is 12.4. The van der Waals surface area contributed by atoms with Gasteiger partial charge in [-0.05, 0) is 40.1 Å². The van der Waals surface area contributed by atoms with Gasteiger partial charge in [-0.1, -0.05) is 88.4 Å². The van der Waals surface area contributed by atoms with Crippen LogP contribution in [0.3, 0.4) is 0 Å². The summed E-state index contributed by atoms with van der Waals surface area (Å²) in [5, 5.41) is 2.30. The molecule has 2 aliphatic rings. The fourth-order valence-corrected chi connectivity index (χ4v) is 11.1. The zero-order chi connectivity index (χ0) is 25.2. The van der Waals surface area contributed by atoms with Crippen LogP contribution in [0.2, 0.25) is 5.04 Å². The highest BCUT2D eigenvalue weighted by Crippen LogP contribution is 2.42. The van der Waals surface area contributed by atoms with E-state index >= 15 is 0 Å². The summed E-state index contributed by atoms with van der Waals surface area (Å²) in [7, 11) is -1.29. The van der Waals surface area contributed by atoms with Crippen molar-refractivity contribution in [2.75, 3.05) is 13.7 Å². The van der Waals surface area contributed by atoms with Gasteiger partial charge < -0.3 is 9.16 Å². The molecular weight excluding hydrogens is 454 g/mol. The lowest BCUT2D eigenvalue weighted by Crippen LogP contribution is -2.68. The molecule has 0 spiro atoms. The minimum absolute atomic E-state index is 0.111. The van der Waals surface area contributed by atoms with Crippen LogP contribution in [-0.2, 0) is 14.0 Å². The Morgan fingerprint density at radius 3 is 2.06 bits per heavy atom. The molecule has 2 fully saturated rings. The number of ketones is 1. The maximum Gasteiger partial charge on any atom is 0.410 e. The van der Waals surface area contributed by atoms with Gasteiger partial charge in [0.25, 0.3) is 8.32 Å². The average Bonchev–Trinajstić information content (AvgIpc) is 2.84. The Hall–Kier alpha value is -2.44. The van der Waals surface area contributed by atoms with Crippen molar-refractivity contribution in [1.82, 2.24) is 4.90 Å². The van der Waals surface area contributed by atoms with Gasteiger partial charge in [0.15, 0.2) is 0 Å². The molecule has 0 aromatic heterocycles. The van der Waals surface area contributed by atoms with E-state index in [0.29, 0.717) is 25.4 Å². The van der Waals surface area contributed by atoms with Crippen LogP contribution in [-0.4, -0.2) is 50.9 Å². The van der Waals surface area contributed by atoms with Gasteiger partial charge in [-0.3, -0.25) is 9.69 Å². The van der Waals surface area contributed by atoms with Crippen molar-refractivity contribution in [3.05, 3.63) is 60.7 Å². The predicted octanol–water partition coefficient (Wildman–Crippen LogP) is 4.78. The fraction of sp³-hybridized carbons (Fsp3) is 0.517. The van der Waals surface area contributed by atoms with Gasteiger partial charge in [-0.15, -0.1) is 0 Å². The molecule has 2 aromatic rings. The normalized spacial score (nSPS) is 25.2. The number of hydrogen-bond donors (Lipinski definition) is 0. The van der Waals surface area contributed by atoms with Crippen molar-refractivity contribution in [1.29, 1.82) is 0 Å². The van der Waals surface area contributed by atoms with Gasteiger partial charge in [0.1, 0.15) is 5.78 Å². The number of nitrogens with zero attached hydrogens (tertiary/aromatic N) is 1. The van der Waals surface area contributed by atoms with Crippen LogP contribution in [0.5, 0.6) is 0 Å². The van der Waals surface area contributed by atoms with E-state index in [1.54, 1.807) is 0 Å². The van der Waals surface area contributed by atoms with Crippen LogP contribution in [0.1, 0.15) is 53.4 Å². The van der Waals surface area contributed by atoms with E-state index in [-0.39, 0.29) is 34.9 Å². The van der Waals surface area contributed by atoms with Crippen LogP contribution < -0.4 is 10.4 Å². The van der Waals surface area contributed by atoms with Crippen molar-refractivity contribution in [2.24, 2.45) is 11.8 Å². The lowest BCUT2D eigenvalue weighted by atomic mass is 9.70. The highest BCUT2D eigenvalue weighted by atomic mass is 28.4. The number of methoxy groups -OCH3 is 1. The number of fused-ring (bicyclic) bond motifs is 1. The maximum atomic E-state index is 13.1. The summed E-state index contributed by atoms with van der Waals surface area (Å²) >= 11 is 0. The van der Waals surface area contributed by atoms with E-state index in [0.717, 1.165) is 12.8 Å². The van der Waals surface area contributed by atoms with Gasteiger partial charge >= 0.3 is 6.09 Å². The van der Waals surface area contributed by atoms with E-state index in [1.807, 2.05) is 17.0 Å². The second kappa shape index (κ2) is 10.3. The summed E-state index contributed by atoms with van der Waals surface area (Å²) in [4.78, 5) is 27.4. The van der Waals surface area contributed by atoms with Crippen molar-refractivity contribution < 1.29 is 18.8 Å². The molecule has 1 aliphatic heterocycles. The third-order valence-corrected chi connectivity index (χ3v) is 13.1. The minimum atomic E-state index is -2.72. The average molecular weight is 494 g/mol. The Balaban J connectivity index is 1.71. The molecule has 1 amide bonds. The van der Waals surface area contributed by atoms with Crippen molar-refractivity contribution in [3.63, 3.8) is 0 Å². The largest absolute Gasteiger partial charge is 0.453 e. The van der Waals surface area contributed by atoms with Crippen molar-refractivity contribution in [3.8, 4) is 0 Å². The molecule has 2 aromatic carbocycles. The highest BCUT2D eigenvalue weighted by Gasteiger charge is 2.52. The fourth-order valence-electron chi connectivity index (χ4n) is 6.47. The van der Waals surface area contributed by atoms with Gasteiger partial charge in [-0.2, -0.15) is 0 Å². The Morgan fingerprint density at radius 1 is 0.971 bits per heavy atom. The zero-order valence-corrected chi connectivity index (χ0v) is 22.7. The summed E-state index contributed by atoms with van der Waals surface area (Å²) in [6.45, 7) is 9.35. The molecule has 1 saturated heterocycles. The Labute approximate surface area is 210 Å². The molecule has 5 nitrogen and oxygen atoms in total. The number of amides is 1. The molecule has 0 bridgehead atoms. The number of hydrogen-bond acceptors (Lipinski definition) is 4. The SMILES string of the molecule is COC(=O)N1[C@@H](CO[Si](c2ccccc2)(c2ccccc2)C(C)(C)C)CC[C@H]2[C@H](C)CC(=O)C[C@H]21. The van der Waals surface area contributed by atoms with E-state index in [1.165, 1.54) is 17.5 Å². The second-order valence-electron chi connectivity index (χ2n) is 11.2. The number of ether oxygens (including phenoxy) is 1. The smallest absolute Gasteiger partial charge is 0.410 e. The van der Waals surface area contributed by atoms with E-state index < -0.39 is 8.32 Å². The minimum Gasteiger partial charge on any atom is -0.453 e. The second-order valence-corrected chi connectivity index (χ2v) is 15.5. The first kappa shape index (κ1) is 25.6. The highest BCUT2D eigenvalue weighted by molar-refractivity contribution is 6.99. The van der Waals surface area contributed by atoms with Gasteiger partial charge in [0.05, 0.1) is 19.8 Å². The monoisotopic (exact) mass is 493 g/mol. The van der Waals surface area contributed by atoms with Crippen molar-refractivity contribution >= 4 is 30.6 Å². The number of likely N-dealkylation sites (tertiary alicyclic amines) is 1. The lowest BCUT2D eigenvalue weighted by molar-refractivity contribution is -0.127. The van der Waals surface area contributed by atoms with Crippen LogP contribution in [0, 0.1) is 11.8 Å². The number of carbonyl (C=O) groups excluding carboxylic acids is 2. The molecule has 4 atom stereocenters. The first-order chi connectivity index (χ1) is 16.7. The molecule has 1 aliphatic carbocycles.